The van der Waals surface area contributed by atoms with Gasteiger partial charge in [0.25, 0.3) is 0 Å². The Hall–Kier alpha value is -3.38. The zero-order chi connectivity index (χ0) is 23.9. The lowest BCUT2D eigenvalue weighted by atomic mass is 10.0. The number of fused-ring (bicyclic) bond motifs is 2. The highest BCUT2D eigenvalue weighted by atomic mass is 19.1. The van der Waals surface area contributed by atoms with Crippen molar-refractivity contribution in [2.24, 2.45) is 0 Å². The smallest absolute Gasteiger partial charge is 0.244 e. The third-order valence-electron chi connectivity index (χ3n) is 6.82. The van der Waals surface area contributed by atoms with Gasteiger partial charge in [-0.3, -0.25) is 4.90 Å². The summed E-state index contributed by atoms with van der Waals surface area (Å²) >= 11 is 0. The topological polar surface area (TPSA) is 94.6 Å². The second-order valence-electron chi connectivity index (χ2n) is 8.91. The van der Waals surface area contributed by atoms with Crippen LogP contribution in [0.2, 0.25) is 0 Å². The molecule has 5 heterocycles. The predicted molar refractivity (Wildman–Crippen MR) is 125 cm³/mol. The number of alkyl halides is 2. The lowest BCUT2D eigenvalue weighted by Crippen LogP contribution is -2.57. The Kier molecular flexibility index (Phi) is 5.69. The molecule has 1 N–H and O–H groups in total. The fourth-order valence-electron chi connectivity index (χ4n) is 4.83. The van der Waals surface area contributed by atoms with Gasteiger partial charge >= 0.3 is 0 Å². The lowest BCUT2D eigenvalue weighted by Gasteiger charge is -2.42. The Morgan fingerprint density at radius 1 is 1.26 bits per heavy atom. The van der Waals surface area contributed by atoms with Gasteiger partial charge in [0.2, 0.25) is 11.8 Å². The van der Waals surface area contributed by atoms with Crippen LogP contribution in [0.3, 0.4) is 0 Å². The minimum absolute atomic E-state index is 0.140. The highest BCUT2D eigenvalue weighted by Gasteiger charge is 2.35. The molecule has 0 saturated carbocycles. The molecule has 0 radical (unpaired) electrons. The van der Waals surface area contributed by atoms with Crippen LogP contribution in [-0.2, 0) is 11.3 Å². The molecule has 0 bridgehead atoms. The molecule has 1 aromatic carbocycles. The van der Waals surface area contributed by atoms with Gasteiger partial charge in [0, 0.05) is 24.8 Å². The first kappa shape index (κ1) is 22.1. The van der Waals surface area contributed by atoms with Gasteiger partial charge in [0.05, 0.1) is 44.5 Å². The number of nitrogens with zero attached hydrogens (tertiary/aromatic N) is 7. The van der Waals surface area contributed by atoms with Crippen LogP contribution in [0.1, 0.15) is 6.42 Å². The van der Waals surface area contributed by atoms with Crippen molar-refractivity contribution in [2.75, 3.05) is 45.4 Å². The van der Waals surface area contributed by atoms with Gasteiger partial charge in [-0.25, -0.2) is 18.0 Å². The Balaban J connectivity index is 1.28. The van der Waals surface area contributed by atoms with E-state index in [0.29, 0.717) is 55.1 Å². The first-order valence-electron chi connectivity index (χ1n) is 11.7. The van der Waals surface area contributed by atoms with E-state index >= 15 is 0 Å². The minimum atomic E-state index is -1.04. The van der Waals surface area contributed by atoms with Gasteiger partial charge in [-0.1, -0.05) is 11.3 Å². The quantitative estimate of drug-likeness (QED) is 0.427. The summed E-state index contributed by atoms with van der Waals surface area (Å²) in [6, 6.07) is 7.55. The molecular formula is C23H26F2N8O2. The van der Waals surface area contributed by atoms with Crippen molar-refractivity contribution in [3.63, 3.8) is 0 Å². The number of methoxy groups -OCH3 is 1. The number of rotatable bonds is 7. The molecule has 2 saturated heterocycles. The third kappa shape index (κ3) is 3.96. The zero-order valence-electron chi connectivity index (χ0n) is 19.3. The summed E-state index contributed by atoms with van der Waals surface area (Å²) in [5.41, 5.74) is 3.84. The monoisotopic (exact) mass is 484 g/mol. The van der Waals surface area contributed by atoms with Crippen molar-refractivity contribution in [1.29, 1.82) is 0 Å². The first-order chi connectivity index (χ1) is 17.1. The molecule has 184 valence electrons. The largest absolute Gasteiger partial charge is 0.479 e. The molecule has 2 aliphatic rings. The molecule has 12 heteroatoms. The minimum Gasteiger partial charge on any atom is -0.479 e. The van der Waals surface area contributed by atoms with Gasteiger partial charge < -0.3 is 14.8 Å². The molecular weight excluding hydrogens is 458 g/mol. The van der Waals surface area contributed by atoms with E-state index in [1.165, 1.54) is 0 Å². The molecule has 6 rings (SSSR count). The molecule has 2 atom stereocenters. The number of benzene rings is 1. The first-order valence-corrected chi connectivity index (χ1v) is 11.7. The van der Waals surface area contributed by atoms with Crippen molar-refractivity contribution in [2.45, 2.75) is 31.2 Å². The number of anilines is 1. The number of hydrogen-bond acceptors (Lipinski definition) is 8. The average molecular weight is 485 g/mol. The maximum Gasteiger partial charge on any atom is 0.244 e. The predicted octanol–water partition coefficient (Wildman–Crippen LogP) is 2.34. The number of likely N-dealkylation sites (tertiary alicyclic amines) is 1. The van der Waals surface area contributed by atoms with E-state index in [4.69, 9.17) is 9.47 Å². The maximum absolute atomic E-state index is 14.9. The zero-order valence-corrected chi connectivity index (χ0v) is 19.3. The van der Waals surface area contributed by atoms with E-state index in [2.05, 4.69) is 30.6 Å². The number of hydrogen-bond donors (Lipinski definition) is 1. The number of aromatic nitrogens is 6. The SMILES string of the molecule is COc1nc(N[C@@H]2CCN(C3COC3)C[C@H]2F)nn2ccc(-c3ccc4nnn(CCF)c4c3)c12. The number of piperidine rings is 1. The summed E-state index contributed by atoms with van der Waals surface area (Å²) in [5, 5.41) is 15.9. The van der Waals surface area contributed by atoms with Crippen LogP contribution < -0.4 is 10.1 Å². The van der Waals surface area contributed by atoms with Crippen molar-refractivity contribution in [3.8, 4) is 17.0 Å². The second kappa shape index (κ2) is 9.00. The van der Waals surface area contributed by atoms with E-state index in [9.17, 15) is 8.78 Å². The number of ether oxygens (including phenoxy) is 2. The normalized spacial score (nSPS) is 21.5. The third-order valence-corrected chi connectivity index (χ3v) is 6.82. The summed E-state index contributed by atoms with van der Waals surface area (Å²) in [6.45, 7) is 2.15. The van der Waals surface area contributed by atoms with Crippen LogP contribution in [0, 0.1) is 0 Å². The van der Waals surface area contributed by atoms with Crippen molar-refractivity contribution in [1.82, 2.24) is 34.5 Å². The Labute approximate surface area is 199 Å². The summed E-state index contributed by atoms with van der Waals surface area (Å²) < 4.78 is 41.9. The Morgan fingerprint density at radius 2 is 2.14 bits per heavy atom. The molecule has 4 aromatic rings. The number of aryl methyl sites for hydroxylation is 1. The van der Waals surface area contributed by atoms with Crippen LogP contribution in [0.5, 0.6) is 5.88 Å². The van der Waals surface area contributed by atoms with Crippen molar-refractivity contribution >= 4 is 22.5 Å². The molecule has 3 aromatic heterocycles. The lowest BCUT2D eigenvalue weighted by molar-refractivity contribution is -0.0794. The van der Waals surface area contributed by atoms with Crippen molar-refractivity contribution in [3.05, 3.63) is 30.5 Å². The summed E-state index contributed by atoms with van der Waals surface area (Å²) in [5.74, 6) is 0.683. The standard InChI is InChI=1S/C23H26F2N8O2/c1-34-22-21-16(14-2-3-19-20(10-14)32(9-6-24)30-28-19)4-8-33(21)29-23(27-22)26-18-5-7-31(11-17(18)25)15-12-35-13-15/h2-4,8,10,15,17-18H,5-7,9,11-13H2,1H3,(H,26,29)/t17-,18-/m1/s1. The fourth-order valence-corrected chi connectivity index (χ4v) is 4.83. The number of nitrogens with one attached hydrogen (secondary N) is 1. The van der Waals surface area contributed by atoms with Gasteiger partial charge in [-0.05, 0) is 30.2 Å². The van der Waals surface area contributed by atoms with Gasteiger partial charge in [-0.2, -0.15) is 4.98 Å². The molecule has 35 heavy (non-hydrogen) atoms. The summed E-state index contributed by atoms with van der Waals surface area (Å²) in [4.78, 5) is 6.70. The molecule has 0 unspecified atom stereocenters. The van der Waals surface area contributed by atoms with Crippen LogP contribution in [0.25, 0.3) is 27.7 Å². The van der Waals surface area contributed by atoms with Crippen LogP contribution in [0.4, 0.5) is 14.7 Å². The van der Waals surface area contributed by atoms with Crippen LogP contribution >= 0.6 is 0 Å². The van der Waals surface area contributed by atoms with E-state index < -0.39 is 12.8 Å². The second-order valence-corrected chi connectivity index (χ2v) is 8.91. The van der Waals surface area contributed by atoms with Crippen LogP contribution in [0.15, 0.2) is 30.5 Å². The van der Waals surface area contributed by atoms with Crippen molar-refractivity contribution < 1.29 is 18.3 Å². The molecule has 2 aliphatic heterocycles. The number of halogens is 2. The van der Waals surface area contributed by atoms with E-state index in [1.54, 1.807) is 16.3 Å². The van der Waals surface area contributed by atoms with E-state index in [0.717, 1.165) is 23.2 Å². The molecule has 2 fully saturated rings. The van der Waals surface area contributed by atoms with E-state index in [-0.39, 0.29) is 12.6 Å². The summed E-state index contributed by atoms with van der Waals surface area (Å²) in [6.07, 6.45) is 1.43. The average Bonchev–Trinajstić information content (AvgIpc) is 3.43. The highest BCUT2D eigenvalue weighted by Crippen LogP contribution is 2.33. The molecule has 0 aliphatic carbocycles. The van der Waals surface area contributed by atoms with Gasteiger partial charge in [0.15, 0.2) is 0 Å². The van der Waals surface area contributed by atoms with Gasteiger partial charge in [0.1, 0.15) is 23.9 Å². The van der Waals surface area contributed by atoms with E-state index in [1.807, 2.05) is 30.5 Å². The molecule has 0 amide bonds. The van der Waals surface area contributed by atoms with Gasteiger partial charge in [-0.15, -0.1) is 10.2 Å². The molecule has 0 spiro atoms. The molecule has 10 nitrogen and oxygen atoms in total. The maximum atomic E-state index is 14.9. The Morgan fingerprint density at radius 3 is 2.89 bits per heavy atom. The highest BCUT2D eigenvalue weighted by molar-refractivity contribution is 5.89. The van der Waals surface area contributed by atoms with Crippen LogP contribution in [-0.4, -0.2) is 92.8 Å². The fraction of sp³-hybridized carbons (Fsp3) is 0.478. The summed E-state index contributed by atoms with van der Waals surface area (Å²) in [7, 11) is 1.55. The Bertz CT molecular complexity index is 1350.